The summed E-state index contributed by atoms with van der Waals surface area (Å²) in [5, 5.41) is 14.6. The molecule has 6 heteroatoms. The van der Waals surface area contributed by atoms with Crippen molar-refractivity contribution in [3.05, 3.63) is 64.7 Å². The molecule has 0 saturated carbocycles. The van der Waals surface area contributed by atoms with Crippen LogP contribution in [0.5, 0.6) is 0 Å². The lowest BCUT2D eigenvalue weighted by Crippen LogP contribution is -2.34. The van der Waals surface area contributed by atoms with Crippen LogP contribution in [0.4, 0.5) is 5.69 Å². The van der Waals surface area contributed by atoms with Crippen LogP contribution >= 0.6 is 12.2 Å². The topological polar surface area (TPSA) is 78.4 Å². The number of carboxylic acid groups (broad SMARTS) is 1. The van der Waals surface area contributed by atoms with Gasteiger partial charge in [-0.2, -0.15) is 0 Å². The van der Waals surface area contributed by atoms with E-state index in [-0.39, 0.29) is 16.6 Å². The highest BCUT2D eigenvalue weighted by Crippen LogP contribution is 2.16. The average molecular weight is 328 g/mol. The number of benzene rings is 2. The number of aryl methyl sites for hydroxylation is 2. The molecule has 0 fully saturated rings. The predicted octanol–water partition coefficient (Wildman–Crippen LogP) is 3.13. The molecule has 2 rings (SSSR count). The summed E-state index contributed by atoms with van der Waals surface area (Å²) in [6.45, 7) is 3.61. The number of thiocarbonyl (C=S) groups is 1. The van der Waals surface area contributed by atoms with Crippen molar-refractivity contribution >= 4 is 34.9 Å². The fourth-order valence-corrected chi connectivity index (χ4v) is 2.29. The Balaban J connectivity index is 2.07. The molecule has 3 N–H and O–H groups in total. The molecule has 0 aliphatic carbocycles. The fraction of sp³-hybridized carbons (Fsp3) is 0.118. The third-order valence-electron chi connectivity index (χ3n) is 3.34. The molecule has 0 heterocycles. The molecule has 23 heavy (non-hydrogen) atoms. The minimum Gasteiger partial charge on any atom is -0.478 e. The van der Waals surface area contributed by atoms with Gasteiger partial charge in [0.2, 0.25) is 0 Å². The Labute approximate surface area is 139 Å². The van der Waals surface area contributed by atoms with Gasteiger partial charge >= 0.3 is 5.97 Å². The maximum atomic E-state index is 12.2. The van der Waals surface area contributed by atoms with Crippen molar-refractivity contribution in [2.45, 2.75) is 13.8 Å². The Morgan fingerprint density at radius 2 is 1.74 bits per heavy atom. The molecule has 0 saturated heterocycles. The van der Waals surface area contributed by atoms with Crippen molar-refractivity contribution in [3.8, 4) is 0 Å². The van der Waals surface area contributed by atoms with Crippen molar-refractivity contribution in [2.24, 2.45) is 0 Å². The molecule has 0 aliphatic rings. The Hall–Kier alpha value is -2.73. The van der Waals surface area contributed by atoms with Crippen LogP contribution in [0, 0.1) is 13.8 Å². The third kappa shape index (κ3) is 4.14. The minimum atomic E-state index is -0.991. The van der Waals surface area contributed by atoms with Crippen LogP contribution in [-0.2, 0) is 0 Å². The number of carbonyl (C=O) groups excluding carboxylic acids is 1. The fourth-order valence-electron chi connectivity index (χ4n) is 2.09. The van der Waals surface area contributed by atoms with Crippen LogP contribution in [0.15, 0.2) is 42.5 Å². The number of nitrogens with one attached hydrogen (secondary N) is 2. The maximum absolute atomic E-state index is 12.2. The standard InChI is InChI=1S/C17H16N2O3S/c1-10-5-3-4-6-13(10)15(20)19-17(23)18-14-8-7-12(16(21)22)9-11(14)2/h3-9H,1-2H3,(H,21,22)(H2,18,19,20,23). The van der Waals surface area contributed by atoms with E-state index in [2.05, 4.69) is 10.6 Å². The Bertz CT molecular complexity index is 787. The van der Waals surface area contributed by atoms with E-state index in [1.54, 1.807) is 25.1 Å². The van der Waals surface area contributed by atoms with Crippen molar-refractivity contribution < 1.29 is 14.7 Å². The van der Waals surface area contributed by atoms with E-state index in [1.807, 2.05) is 19.1 Å². The molecule has 2 aromatic carbocycles. The van der Waals surface area contributed by atoms with Crippen LogP contribution in [0.2, 0.25) is 0 Å². The van der Waals surface area contributed by atoms with Gasteiger partial charge in [-0.3, -0.25) is 10.1 Å². The van der Waals surface area contributed by atoms with Gasteiger partial charge < -0.3 is 10.4 Å². The van der Waals surface area contributed by atoms with Gasteiger partial charge in [0.25, 0.3) is 5.91 Å². The molecule has 0 aromatic heterocycles. The van der Waals surface area contributed by atoms with Crippen LogP contribution in [-0.4, -0.2) is 22.1 Å². The largest absolute Gasteiger partial charge is 0.478 e. The molecule has 1 amide bonds. The zero-order valence-electron chi connectivity index (χ0n) is 12.7. The van der Waals surface area contributed by atoms with Gasteiger partial charge in [-0.25, -0.2) is 4.79 Å². The number of hydrogen-bond donors (Lipinski definition) is 3. The zero-order valence-corrected chi connectivity index (χ0v) is 13.5. The Morgan fingerprint density at radius 3 is 2.35 bits per heavy atom. The van der Waals surface area contributed by atoms with E-state index in [0.717, 1.165) is 11.1 Å². The van der Waals surface area contributed by atoms with Gasteiger partial charge in [-0.15, -0.1) is 0 Å². The lowest BCUT2D eigenvalue weighted by Gasteiger charge is -2.13. The van der Waals surface area contributed by atoms with E-state index < -0.39 is 5.97 Å². The van der Waals surface area contributed by atoms with E-state index in [1.165, 1.54) is 12.1 Å². The van der Waals surface area contributed by atoms with Crippen molar-refractivity contribution in [2.75, 3.05) is 5.32 Å². The highest BCUT2D eigenvalue weighted by atomic mass is 32.1. The van der Waals surface area contributed by atoms with Gasteiger partial charge in [0.15, 0.2) is 5.11 Å². The van der Waals surface area contributed by atoms with E-state index >= 15 is 0 Å². The number of carbonyl (C=O) groups is 2. The van der Waals surface area contributed by atoms with Crippen LogP contribution in [0.3, 0.4) is 0 Å². The highest BCUT2D eigenvalue weighted by Gasteiger charge is 2.11. The molecule has 0 spiro atoms. The summed E-state index contributed by atoms with van der Waals surface area (Å²) >= 11 is 5.14. The number of carboxylic acids is 1. The summed E-state index contributed by atoms with van der Waals surface area (Å²) in [6, 6.07) is 11.8. The summed E-state index contributed by atoms with van der Waals surface area (Å²) in [5.41, 5.74) is 2.97. The average Bonchev–Trinajstić information content (AvgIpc) is 2.49. The number of anilines is 1. The lowest BCUT2D eigenvalue weighted by atomic mass is 10.1. The summed E-state index contributed by atoms with van der Waals surface area (Å²) in [5.74, 6) is -1.28. The second kappa shape index (κ2) is 7.02. The van der Waals surface area contributed by atoms with Gasteiger partial charge in [-0.05, 0) is 61.5 Å². The molecule has 0 atom stereocenters. The quantitative estimate of drug-likeness (QED) is 0.755. The molecule has 5 nitrogen and oxygen atoms in total. The van der Waals surface area contributed by atoms with Gasteiger partial charge in [0, 0.05) is 11.3 Å². The van der Waals surface area contributed by atoms with E-state index in [4.69, 9.17) is 17.3 Å². The molecule has 0 radical (unpaired) electrons. The molecule has 0 unspecified atom stereocenters. The molecular weight excluding hydrogens is 312 g/mol. The van der Waals surface area contributed by atoms with Gasteiger partial charge in [-0.1, -0.05) is 18.2 Å². The Kier molecular flexibility index (Phi) is 5.08. The molecular formula is C17H16N2O3S. The first-order valence-corrected chi connectivity index (χ1v) is 7.31. The molecule has 0 aliphatic heterocycles. The summed E-state index contributed by atoms with van der Waals surface area (Å²) in [6.07, 6.45) is 0. The second-order valence-corrected chi connectivity index (χ2v) is 5.47. The zero-order chi connectivity index (χ0) is 17.0. The third-order valence-corrected chi connectivity index (χ3v) is 3.54. The molecule has 2 aromatic rings. The van der Waals surface area contributed by atoms with Gasteiger partial charge in [0.1, 0.15) is 0 Å². The maximum Gasteiger partial charge on any atom is 0.335 e. The van der Waals surface area contributed by atoms with E-state index in [9.17, 15) is 9.59 Å². The first-order chi connectivity index (χ1) is 10.9. The first kappa shape index (κ1) is 16.6. The lowest BCUT2D eigenvalue weighted by molar-refractivity contribution is 0.0696. The SMILES string of the molecule is Cc1cc(C(=O)O)ccc1NC(=S)NC(=O)c1ccccc1C. The first-order valence-electron chi connectivity index (χ1n) is 6.90. The summed E-state index contributed by atoms with van der Waals surface area (Å²) in [4.78, 5) is 23.1. The minimum absolute atomic E-state index is 0.157. The smallest absolute Gasteiger partial charge is 0.335 e. The number of hydrogen-bond acceptors (Lipinski definition) is 3. The Morgan fingerprint density at radius 1 is 1.04 bits per heavy atom. The van der Waals surface area contributed by atoms with Crippen LogP contribution in [0.1, 0.15) is 31.8 Å². The van der Waals surface area contributed by atoms with Crippen LogP contribution < -0.4 is 10.6 Å². The van der Waals surface area contributed by atoms with Crippen molar-refractivity contribution in [1.82, 2.24) is 5.32 Å². The summed E-state index contributed by atoms with van der Waals surface area (Å²) in [7, 11) is 0. The summed E-state index contributed by atoms with van der Waals surface area (Å²) < 4.78 is 0. The van der Waals surface area contributed by atoms with Crippen molar-refractivity contribution in [3.63, 3.8) is 0 Å². The number of rotatable bonds is 3. The molecule has 0 bridgehead atoms. The number of amides is 1. The van der Waals surface area contributed by atoms with Crippen molar-refractivity contribution in [1.29, 1.82) is 0 Å². The highest BCUT2D eigenvalue weighted by molar-refractivity contribution is 7.80. The normalized spacial score (nSPS) is 10.0. The van der Waals surface area contributed by atoms with E-state index in [0.29, 0.717) is 11.3 Å². The number of aromatic carboxylic acids is 1. The van der Waals surface area contributed by atoms with Crippen LogP contribution in [0.25, 0.3) is 0 Å². The molecule has 118 valence electrons. The van der Waals surface area contributed by atoms with Gasteiger partial charge in [0.05, 0.1) is 5.56 Å². The predicted molar refractivity (Wildman–Crippen MR) is 93.0 cm³/mol. The second-order valence-electron chi connectivity index (χ2n) is 5.06. The monoisotopic (exact) mass is 328 g/mol.